The van der Waals surface area contributed by atoms with Crippen molar-refractivity contribution >= 4 is 17.7 Å². The van der Waals surface area contributed by atoms with Crippen molar-refractivity contribution in [2.24, 2.45) is 40.4 Å². The molecule has 9 nitrogen and oxygen atoms in total. The highest BCUT2D eigenvalue weighted by molar-refractivity contribution is 5.95. The van der Waals surface area contributed by atoms with Crippen molar-refractivity contribution in [1.29, 1.82) is 0 Å². The van der Waals surface area contributed by atoms with Crippen molar-refractivity contribution in [2.75, 3.05) is 0 Å². The predicted octanol–water partition coefficient (Wildman–Crippen LogP) is 2.46. The molecule has 0 radical (unpaired) electrons. The summed E-state index contributed by atoms with van der Waals surface area (Å²) in [5.74, 6) is -2.61. The first-order chi connectivity index (χ1) is 18.5. The molecule has 5 rings (SSSR count). The third-order valence-electron chi connectivity index (χ3n) is 12.2. The number of carbonyl (C=O) groups is 3. The molecular weight excluding hydrogens is 516 g/mol. The van der Waals surface area contributed by atoms with E-state index < -0.39 is 64.1 Å². The second-order valence-electron chi connectivity index (χ2n) is 14.2. The van der Waals surface area contributed by atoms with Gasteiger partial charge in [0.1, 0.15) is 17.8 Å². The van der Waals surface area contributed by atoms with E-state index in [-0.39, 0.29) is 49.0 Å². The summed E-state index contributed by atoms with van der Waals surface area (Å²) in [4.78, 5) is 37.9. The van der Waals surface area contributed by atoms with E-state index in [1.807, 2.05) is 20.8 Å². The normalized spacial score (nSPS) is 48.7. The van der Waals surface area contributed by atoms with Gasteiger partial charge in [0.05, 0.1) is 23.7 Å². The Labute approximate surface area is 236 Å². The molecule has 5 aliphatic rings. The van der Waals surface area contributed by atoms with Gasteiger partial charge in [-0.15, -0.1) is 0 Å². The number of aliphatic hydroxyl groups excluding tert-OH is 2. The number of hydrogen-bond acceptors (Lipinski definition) is 9. The Balaban J connectivity index is 1.48. The van der Waals surface area contributed by atoms with Gasteiger partial charge >= 0.3 is 11.9 Å². The number of rotatable bonds is 5. The van der Waals surface area contributed by atoms with Crippen molar-refractivity contribution in [3.8, 4) is 0 Å². The number of cyclic esters (lactones) is 1. The zero-order valence-electron chi connectivity index (χ0n) is 24.6. The standard InChI is InChI=1S/C31H46O9/c1-15-18(16(2)39-27(15)36)11-26(40-17(3)32)30(6,37)25-8-10-31(38)20-12-22(33)21-13-23(34)24(35)14-28(21,4)19(20)7-9-29(25,31)5/h12,15-16,18-19,21,23-26,34-35,37-38H,7-11,13-14H2,1-6H3/t15-,16+,18+,19-,21+,23-,24-,25-,26-,28-,29-,30-,31-/m1/s1. The largest absolute Gasteiger partial charge is 0.462 e. The second kappa shape index (κ2) is 9.61. The fourth-order valence-corrected chi connectivity index (χ4v) is 9.74. The fourth-order valence-electron chi connectivity index (χ4n) is 9.74. The zero-order valence-corrected chi connectivity index (χ0v) is 24.6. The summed E-state index contributed by atoms with van der Waals surface area (Å²) in [6.45, 7) is 10.5. The van der Waals surface area contributed by atoms with E-state index in [1.165, 1.54) is 6.92 Å². The van der Waals surface area contributed by atoms with Crippen LogP contribution >= 0.6 is 0 Å². The number of allylic oxidation sites excluding steroid dienone is 1. The number of fused-ring (bicyclic) bond motifs is 5. The molecule has 1 saturated heterocycles. The van der Waals surface area contributed by atoms with Crippen LogP contribution < -0.4 is 0 Å². The summed E-state index contributed by atoms with van der Waals surface area (Å²) < 4.78 is 11.2. The number of ether oxygens (including phenoxy) is 2. The number of ketones is 1. The average molecular weight is 563 g/mol. The molecule has 40 heavy (non-hydrogen) atoms. The first-order valence-corrected chi connectivity index (χ1v) is 14.9. The molecule has 4 N–H and O–H groups in total. The molecule has 0 spiro atoms. The average Bonchev–Trinajstić information content (AvgIpc) is 3.27. The summed E-state index contributed by atoms with van der Waals surface area (Å²) in [6.07, 6.45) is 1.21. The van der Waals surface area contributed by atoms with Crippen LogP contribution in [-0.2, 0) is 23.9 Å². The Morgan fingerprint density at radius 1 is 1.15 bits per heavy atom. The lowest BCUT2D eigenvalue weighted by Crippen LogP contribution is -2.63. The van der Waals surface area contributed by atoms with Crippen LogP contribution in [0.15, 0.2) is 11.6 Å². The van der Waals surface area contributed by atoms with Gasteiger partial charge in [0.2, 0.25) is 0 Å². The van der Waals surface area contributed by atoms with E-state index in [0.29, 0.717) is 31.3 Å². The molecule has 1 heterocycles. The number of esters is 2. The van der Waals surface area contributed by atoms with Gasteiger partial charge < -0.3 is 29.9 Å². The molecule has 4 aliphatic carbocycles. The number of carbonyl (C=O) groups excluding carboxylic acids is 3. The molecule has 13 atom stereocenters. The maximum absolute atomic E-state index is 13.4. The minimum atomic E-state index is -1.53. The molecule has 4 fully saturated rings. The van der Waals surface area contributed by atoms with Crippen LogP contribution in [-0.4, -0.2) is 73.8 Å². The predicted molar refractivity (Wildman–Crippen MR) is 143 cm³/mol. The fraction of sp³-hybridized carbons (Fsp3) is 0.839. The Kier molecular flexibility index (Phi) is 7.13. The number of aliphatic hydroxyl groups is 4. The van der Waals surface area contributed by atoms with Crippen molar-refractivity contribution in [2.45, 2.75) is 122 Å². The van der Waals surface area contributed by atoms with E-state index in [4.69, 9.17) is 9.47 Å². The van der Waals surface area contributed by atoms with Crippen molar-refractivity contribution in [3.05, 3.63) is 11.6 Å². The van der Waals surface area contributed by atoms with E-state index in [9.17, 15) is 34.8 Å². The highest BCUT2D eigenvalue weighted by atomic mass is 16.6. The third-order valence-corrected chi connectivity index (χ3v) is 12.2. The Morgan fingerprint density at radius 2 is 1.82 bits per heavy atom. The van der Waals surface area contributed by atoms with Crippen LogP contribution in [0.3, 0.4) is 0 Å². The minimum Gasteiger partial charge on any atom is -0.462 e. The molecule has 0 unspecified atom stereocenters. The lowest BCUT2D eigenvalue weighted by atomic mass is 9.45. The molecule has 0 bridgehead atoms. The van der Waals surface area contributed by atoms with Crippen LogP contribution in [0, 0.1) is 40.4 Å². The summed E-state index contributed by atoms with van der Waals surface area (Å²) >= 11 is 0. The van der Waals surface area contributed by atoms with Crippen molar-refractivity contribution in [3.63, 3.8) is 0 Å². The Morgan fingerprint density at radius 3 is 2.42 bits per heavy atom. The van der Waals surface area contributed by atoms with E-state index in [0.717, 1.165) is 0 Å². The molecular formula is C31H46O9. The topological polar surface area (TPSA) is 151 Å². The summed E-state index contributed by atoms with van der Waals surface area (Å²) in [5, 5.41) is 45.6. The lowest BCUT2D eigenvalue weighted by molar-refractivity contribution is -0.194. The molecule has 1 aliphatic heterocycles. The van der Waals surface area contributed by atoms with Crippen molar-refractivity contribution in [1.82, 2.24) is 0 Å². The van der Waals surface area contributed by atoms with E-state index in [1.54, 1.807) is 19.9 Å². The van der Waals surface area contributed by atoms with E-state index in [2.05, 4.69) is 0 Å². The molecule has 0 amide bonds. The van der Waals surface area contributed by atoms with Crippen LogP contribution in [0.2, 0.25) is 0 Å². The van der Waals surface area contributed by atoms with Gasteiger partial charge in [0.15, 0.2) is 5.78 Å². The monoisotopic (exact) mass is 562 g/mol. The molecule has 0 aromatic carbocycles. The van der Waals surface area contributed by atoms with Crippen LogP contribution in [0.4, 0.5) is 0 Å². The van der Waals surface area contributed by atoms with Gasteiger partial charge in [-0.3, -0.25) is 14.4 Å². The van der Waals surface area contributed by atoms with Crippen LogP contribution in [0.25, 0.3) is 0 Å². The van der Waals surface area contributed by atoms with Gasteiger partial charge in [0.25, 0.3) is 0 Å². The maximum atomic E-state index is 13.4. The SMILES string of the molecule is CC(=O)O[C@H](C[C@@H]1[C@H](C)OC(=O)[C@@H]1C)[C@](C)(O)[C@@H]1CC[C@@]2(O)C3=CC(=O)[C@@H]4C[C@@H](O)[C@H](O)C[C@]4(C)[C@@H]3CC[C@]12C. The van der Waals surface area contributed by atoms with Gasteiger partial charge in [-0.25, -0.2) is 0 Å². The first kappa shape index (κ1) is 29.7. The Hall–Kier alpha value is -1.81. The summed E-state index contributed by atoms with van der Waals surface area (Å²) in [5.41, 5.74) is -3.61. The van der Waals surface area contributed by atoms with E-state index >= 15 is 0 Å². The Bertz CT molecular complexity index is 1110. The molecule has 9 heteroatoms. The second-order valence-corrected chi connectivity index (χ2v) is 14.2. The molecule has 0 aromatic rings. The smallest absolute Gasteiger partial charge is 0.309 e. The minimum absolute atomic E-state index is 0.126. The molecule has 3 saturated carbocycles. The van der Waals surface area contributed by atoms with Gasteiger partial charge in [-0.05, 0) is 87.7 Å². The van der Waals surface area contributed by atoms with Crippen LogP contribution in [0.1, 0.15) is 86.5 Å². The van der Waals surface area contributed by atoms with Gasteiger partial charge in [-0.2, -0.15) is 0 Å². The summed E-state index contributed by atoms with van der Waals surface area (Å²) in [7, 11) is 0. The maximum Gasteiger partial charge on any atom is 0.309 e. The summed E-state index contributed by atoms with van der Waals surface area (Å²) in [6, 6.07) is 0. The highest BCUT2D eigenvalue weighted by Gasteiger charge is 2.69. The third kappa shape index (κ3) is 4.13. The van der Waals surface area contributed by atoms with Gasteiger partial charge in [-0.1, -0.05) is 20.8 Å². The zero-order chi connectivity index (χ0) is 29.6. The lowest BCUT2D eigenvalue weighted by Gasteiger charge is -2.60. The molecule has 0 aromatic heterocycles. The highest BCUT2D eigenvalue weighted by Crippen LogP contribution is 2.68. The quantitative estimate of drug-likeness (QED) is 0.371. The van der Waals surface area contributed by atoms with Crippen LogP contribution in [0.5, 0.6) is 0 Å². The first-order valence-electron chi connectivity index (χ1n) is 14.9. The number of hydrogen-bond donors (Lipinski definition) is 4. The molecule has 224 valence electrons. The van der Waals surface area contributed by atoms with Gasteiger partial charge in [0, 0.05) is 24.2 Å². The van der Waals surface area contributed by atoms with Crippen molar-refractivity contribution < 1.29 is 44.3 Å².